The van der Waals surface area contributed by atoms with Gasteiger partial charge in [-0.2, -0.15) is 0 Å². The van der Waals surface area contributed by atoms with Crippen LogP contribution in [0.25, 0.3) is 0 Å². The first-order valence-electron chi connectivity index (χ1n) is 4.63. The first-order chi connectivity index (χ1) is 7.56. The van der Waals surface area contributed by atoms with E-state index in [1.165, 1.54) is 0 Å². The van der Waals surface area contributed by atoms with E-state index in [1.807, 2.05) is 0 Å². The van der Waals surface area contributed by atoms with Crippen molar-refractivity contribution in [3.05, 3.63) is 33.8 Å². The van der Waals surface area contributed by atoms with Crippen LogP contribution in [0.4, 0.5) is 8.78 Å². The van der Waals surface area contributed by atoms with Crippen molar-refractivity contribution in [3.63, 3.8) is 0 Å². The van der Waals surface area contributed by atoms with Gasteiger partial charge in [-0.3, -0.25) is 4.79 Å². The summed E-state index contributed by atoms with van der Waals surface area (Å²) in [7, 11) is 1.72. The van der Waals surface area contributed by atoms with Crippen molar-refractivity contribution < 1.29 is 13.6 Å². The Kier molecular flexibility index (Phi) is 4.82. The van der Waals surface area contributed by atoms with Crippen molar-refractivity contribution in [2.75, 3.05) is 20.1 Å². The van der Waals surface area contributed by atoms with Crippen molar-refractivity contribution in [2.24, 2.45) is 0 Å². The summed E-state index contributed by atoms with van der Waals surface area (Å²) in [5.41, 5.74) is -0.556. The van der Waals surface area contributed by atoms with E-state index in [0.29, 0.717) is 13.1 Å². The number of hydrogen-bond acceptors (Lipinski definition) is 2. The van der Waals surface area contributed by atoms with E-state index in [-0.39, 0.29) is 4.47 Å². The second-order valence-electron chi connectivity index (χ2n) is 3.10. The van der Waals surface area contributed by atoms with Gasteiger partial charge in [0.2, 0.25) is 0 Å². The van der Waals surface area contributed by atoms with Crippen LogP contribution in [0.5, 0.6) is 0 Å². The van der Waals surface area contributed by atoms with Crippen molar-refractivity contribution in [1.82, 2.24) is 10.6 Å². The average molecular weight is 293 g/mol. The molecule has 0 radical (unpaired) electrons. The predicted octanol–water partition coefficient (Wildman–Crippen LogP) is 1.68. The summed E-state index contributed by atoms with van der Waals surface area (Å²) in [4.78, 5) is 11.4. The number of amides is 1. The zero-order valence-electron chi connectivity index (χ0n) is 8.61. The first-order valence-corrected chi connectivity index (χ1v) is 5.43. The minimum absolute atomic E-state index is 0.259. The highest BCUT2D eigenvalue weighted by Gasteiger charge is 2.17. The Balaban J connectivity index is 2.83. The molecule has 0 aliphatic carbocycles. The molecule has 6 heteroatoms. The van der Waals surface area contributed by atoms with Gasteiger partial charge in [-0.25, -0.2) is 8.78 Å². The van der Waals surface area contributed by atoms with E-state index in [2.05, 4.69) is 26.6 Å². The van der Waals surface area contributed by atoms with Crippen LogP contribution in [0.15, 0.2) is 16.6 Å². The monoisotopic (exact) mass is 292 g/mol. The van der Waals surface area contributed by atoms with Crippen molar-refractivity contribution in [1.29, 1.82) is 0 Å². The highest BCUT2D eigenvalue weighted by Crippen LogP contribution is 2.19. The van der Waals surface area contributed by atoms with E-state index in [4.69, 9.17) is 0 Å². The minimum Gasteiger partial charge on any atom is -0.351 e. The van der Waals surface area contributed by atoms with E-state index < -0.39 is 23.1 Å². The van der Waals surface area contributed by atoms with Gasteiger partial charge in [0.1, 0.15) is 17.2 Å². The molecule has 0 unspecified atom stereocenters. The third kappa shape index (κ3) is 3.24. The smallest absolute Gasteiger partial charge is 0.257 e. The molecule has 0 fully saturated rings. The summed E-state index contributed by atoms with van der Waals surface area (Å²) in [6, 6.07) is 2.10. The van der Waals surface area contributed by atoms with E-state index >= 15 is 0 Å². The molecule has 1 amide bonds. The quantitative estimate of drug-likeness (QED) is 0.829. The molecule has 1 rings (SSSR count). The highest BCUT2D eigenvalue weighted by atomic mass is 79.9. The number of nitrogens with one attached hydrogen (secondary N) is 2. The maximum absolute atomic E-state index is 13.3. The molecule has 0 saturated heterocycles. The zero-order valence-corrected chi connectivity index (χ0v) is 10.2. The van der Waals surface area contributed by atoms with Crippen LogP contribution in [0, 0.1) is 11.6 Å². The Morgan fingerprint density at radius 2 is 1.88 bits per heavy atom. The van der Waals surface area contributed by atoms with Crippen molar-refractivity contribution in [3.8, 4) is 0 Å². The zero-order chi connectivity index (χ0) is 12.1. The van der Waals surface area contributed by atoms with Crippen LogP contribution >= 0.6 is 15.9 Å². The molecule has 16 heavy (non-hydrogen) atoms. The molecule has 0 aliphatic heterocycles. The van der Waals surface area contributed by atoms with Crippen molar-refractivity contribution >= 4 is 21.8 Å². The topological polar surface area (TPSA) is 41.1 Å². The van der Waals surface area contributed by atoms with Crippen LogP contribution in [0.3, 0.4) is 0 Å². The Morgan fingerprint density at radius 3 is 2.38 bits per heavy atom. The lowest BCUT2D eigenvalue weighted by atomic mass is 10.2. The molecular formula is C10H11BrF2N2O. The van der Waals surface area contributed by atoms with Gasteiger partial charge >= 0.3 is 0 Å². The Bertz CT molecular complexity index is 375. The van der Waals surface area contributed by atoms with Crippen LogP contribution in [-0.4, -0.2) is 26.0 Å². The Hall–Kier alpha value is -1.01. The van der Waals surface area contributed by atoms with Gasteiger partial charge in [0.25, 0.3) is 5.91 Å². The van der Waals surface area contributed by atoms with E-state index in [9.17, 15) is 13.6 Å². The number of halogens is 3. The lowest BCUT2D eigenvalue weighted by Gasteiger charge is -2.07. The fourth-order valence-corrected chi connectivity index (χ4v) is 1.55. The minimum atomic E-state index is -0.881. The third-order valence-corrected chi connectivity index (χ3v) is 2.35. The maximum Gasteiger partial charge on any atom is 0.257 e. The second kappa shape index (κ2) is 5.91. The SMILES string of the molecule is CNCCNC(=O)c1c(F)cc(Br)cc1F. The number of likely N-dealkylation sites (N-methyl/N-ethyl adjacent to an activating group) is 1. The molecule has 0 aliphatic rings. The second-order valence-corrected chi connectivity index (χ2v) is 4.02. The van der Waals surface area contributed by atoms with Crippen LogP contribution < -0.4 is 10.6 Å². The Morgan fingerprint density at radius 1 is 1.31 bits per heavy atom. The standard InChI is InChI=1S/C10H11BrF2N2O/c1-14-2-3-15-10(16)9-7(12)4-6(11)5-8(9)13/h4-5,14H,2-3H2,1H3,(H,15,16). The van der Waals surface area contributed by atoms with Crippen LogP contribution in [0.1, 0.15) is 10.4 Å². The lowest BCUT2D eigenvalue weighted by Crippen LogP contribution is -2.31. The molecule has 0 aromatic heterocycles. The van der Waals surface area contributed by atoms with Crippen molar-refractivity contribution in [2.45, 2.75) is 0 Å². The number of hydrogen-bond donors (Lipinski definition) is 2. The van der Waals surface area contributed by atoms with E-state index in [0.717, 1.165) is 12.1 Å². The van der Waals surface area contributed by atoms with Crippen LogP contribution in [0.2, 0.25) is 0 Å². The maximum atomic E-state index is 13.3. The molecule has 1 aromatic carbocycles. The van der Waals surface area contributed by atoms with Gasteiger partial charge in [0.15, 0.2) is 0 Å². The summed E-state index contributed by atoms with van der Waals surface area (Å²) >= 11 is 2.94. The highest BCUT2D eigenvalue weighted by molar-refractivity contribution is 9.10. The molecule has 88 valence electrons. The normalized spacial score (nSPS) is 10.2. The van der Waals surface area contributed by atoms with Gasteiger partial charge in [0.05, 0.1) is 0 Å². The molecule has 2 N–H and O–H groups in total. The number of benzene rings is 1. The van der Waals surface area contributed by atoms with Gasteiger partial charge in [-0.15, -0.1) is 0 Å². The molecule has 0 spiro atoms. The molecule has 0 saturated carbocycles. The fraction of sp³-hybridized carbons (Fsp3) is 0.300. The average Bonchev–Trinajstić information content (AvgIpc) is 2.16. The summed E-state index contributed by atoms with van der Waals surface area (Å²) < 4.78 is 26.9. The summed E-state index contributed by atoms with van der Waals surface area (Å²) in [5.74, 6) is -2.51. The first kappa shape index (κ1) is 13.1. The Labute approximate surface area is 100 Å². The summed E-state index contributed by atoms with van der Waals surface area (Å²) in [6.07, 6.45) is 0. The molecule has 1 aromatic rings. The molecule has 0 heterocycles. The molecular weight excluding hydrogens is 282 g/mol. The van der Waals surface area contributed by atoms with Gasteiger partial charge in [-0.1, -0.05) is 15.9 Å². The van der Waals surface area contributed by atoms with E-state index in [1.54, 1.807) is 7.05 Å². The number of carbonyl (C=O) groups is 1. The summed E-state index contributed by atoms with van der Waals surface area (Å²) in [5, 5.41) is 5.21. The fourth-order valence-electron chi connectivity index (χ4n) is 1.15. The summed E-state index contributed by atoms with van der Waals surface area (Å²) in [6.45, 7) is 0.843. The third-order valence-electron chi connectivity index (χ3n) is 1.89. The molecule has 0 atom stereocenters. The molecule has 3 nitrogen and oxygen atoms in total. The number of rotatable bonds is 4. The predicted molar refractivity (Wildman–Crippen MR) is 60.3 cm³/mol. The van der Waals surface area contributed by atoms with Crippen LogP contribution in [-0.2, 0) is 0 Å². The number of carbonyl (C=O) groups excluding carboxylic acids is 1. The van der Waals surface area contributed by atoms with Gasteiger partial charge < -0.3 is 10.6 Å². The largest absolute Gasteiger partial charge is 0.351 e. The lowest BCUT2D eigenvalue weighted by molar-refractivity contribution is 0.0945. The van der Waals surface area contributed by atoms with Gasteiger partial charge in [-0.05, 0) is 19.2 Å². The van der Waals surface area contributed by atoms with Gasteiger partial charge in [0, 0.05) is 17.6 Å². The molecule has 0 bridgehead atoms.